The van der Waals surface area contributed by atoms with Gasteiger partial charge >= 0.3 is 0 Å². The largest absolute Gasteiger partial charge is 0.289 e. The molecular weight excluding hydrogens is 363 g/mol. The molecule has 0 aliphatic carbocycles. The van der Waals surface area contributed by atoms with Crippen LogP contribution in [-0.4, -0.2) is 20.5 Å². The van der Waals surface area contributed by atoms with Gasteiger partial charge < -0.3 is 0 Å². The summed E-state index contributed by atoms with van der Waals surface area (Å²) in [7, 11) is 0. The number of carbonyl (C=O) groups excluding carboxylic acids is 1. The van der Waals surface area contributed by atoms with Gasteiger partial charge in [0.25, 0.3) is 11.9 Å². The fourth-order valence-electron chi connectivity index (χ4n) is 2.33. The van der Waals surface area contributed by atoms with Gasteiger partial charge in [0.15, 0.2) is 0 Å². The number of aromatic nitrogens is 3. The molecule has 0 radical (unpaired) electrons. The molecule has 2 aromatic carbocycles. The van der Waals surface area contributed by atoms with Gasteiger partial charge in [-0.05, 0) is 36.4 Å². The highest BCUT2D eigenvalue weighted by Gasteiger charge is 2.14. The summed E-state index contributed by atoms with van der Waals surface area (Å²) in [4.78, 5) is 17.1. The number of benzene rings is 2. The van der Waals surface area contributed by atoms with E-state index in [9.17, 15) is 9.18 Å². The van der Waals surface area contributed by atoms with Gasteiger partial charge in [0.2, 0.25) is 4.96 Å². The fraction of sp³-hybridized carbons (Fsp3) is 0. The van der Waals surface area contributed by atoms with Crippen molar-refractivity contribution in [1.29, 1.82) is 0 Å². The Morgan fingerprint density at radius 1 is 1.12 bits per heavy atom. The fourth-order valence-corrected chi connectivity index (χ4v) is 3.29. The SMILES string of the molecule is O=C(Nc1nc2scc(-c3ccc(Cl)cc3)n2n1)c1ccc(F)cc1. The molecule has 0 saturated carbocycles. The summed E-state index contributed by atoms with van der Waals surface area (Å²) in [5.74, 6) is -0.604. The summed E-state index contributed by atoms with van der Waals surface area (Å²) in [5.41, 5.74) is 2.13. The number of rotatable bonds is 3. The van der Waals surface area contributed by atoms with Crippen LogP contribution in [0.5, 0.6) is 0 Å². The van der Waals surface area contributed by atoms with Crippen LogP contribution in [0.4, 0.5) is 10.3 Å². The average Bonchev–Trinajstić information content (AvgIpc) is 3.16. The number of hydrogen-bond acceptors (Lipinski definition) is 4. The first-order valence-corrected chi connectivity index (χ1v) is 8.53. The van der Waals surface area contributed by atoms with E-state index in [-0.39, 0.29) is 5.95 Å². The zero-order valence-electron chi connectivity index (χ0n) is 12.6. The molecule has 124 valence electrons. The Labute approximate surface area is 150 Å². The molecule has 0 atom stereocenters. The molecular formula is C17H10ClFN4OS. The zero-order valence-corrected chi connectivity index (χ0v) is 14.2. The number of fused-ring (bicyclic) bond motifs is 1. The lowest BCUT2D eigenvalue weighted by atomic mass is 10.2. The summed E-state index contributed by atoms with van der Waals surface area (Å²) < 4.78 is 14.6. The van der Waals surface area contributed by atoms with E-state index in [0.29, 0.717) is 15.5 Å². The van der Waals surface area contributed by atoms with Crippen molar-refractivity contribution in [2.75, 3.05) is 5.32 Å². The van der Waals surface area contributed by atoms with E-state index in [2.05, 4.69) is 15.4 Å². The van der Waals surface area contributed by atoms with Crippen molar-refractivity contribution < 1.29 is 9.18 Å². The Balaban J connectivity index is 1.62. The lowest BCUT2D eigenvalue weighted by Crippen LogP contribution is -2.13. The molecule has 0 unspecified atom stereocenters. The number of anilines is 1. The minimum absolute atomic E-state index is 0.191. The number of nitrogens with zero attached hydrogens (tertiary/aromatic N) is 3. The summed E-state index contributed by atoms with van der Waals surface area (Å²) in [6, 6.07) is 12.7. The van der Waals surface area contributed by atoms with E-state index in [1.54, 1.807) is 16.6 Å². The van der Waals surface area contributed by atoms with Crippen LogP contribution in [0.1, 0.15) is 10.4 Å². The third-order valence-electron chi connectivity index (χ3n) is 3.55. The number of halogens is 2. The van der Waals surface area contributed by atoms with Crippen LogP contribution < -0.4 is 5.32 Å². The summed E-state index contributed by atoms with van der Waals surface area (Å²) in [5, 5.41) is 9.54. The minimum atomic E-state index is -0.398. The molecule has 0 spiro atoms. The molecule has 0 aliphatic rings. The number of thiazole rings is 1. The van der Waals surface area contributed by atoms with Crippen molar-refractivity contribution in [1.82, 2.24) is 14.6 Å². The molecule has 1 N–H and O–H groups in total. The molecule has 8 heteroatoms. The molecule has 2 heterocycles. The number of amides is 1. The smallest absolute Gasteiger partial charge is 0.258 e. The van der Waals surface area contributed by atoms with Gasteiger partial charge in [-0.25, -0.2) is 8.91 Å². The number of nitrogens with one attached hydrogen (secondary N) is 1. The molecule has 0 bridgehead atoms. The normalized spacial score (nSPS) is 11.0. The van der Waals surface area contributed by atoms with Crippen molar-refractivity contribution in [3.8, 4) is 11.3 Å². The highest BCUT2D eigenvalue weighted by molar-refractivity contribution is 7.15. The van der Waals surface area contributed by atoms with E-state index in [0.717, 1.165) is 11.3 Å². The maximum absolute atomic E-state index is 12.9. The van der Waals surface area contributed by atoms with E-state index < -0.39 is 11.7 Å². The minimum Gasteiger partial charge on any atom is -0.289 e. The second-order valence-electron chi connectivity index (χ2n) is 5.22. The quantitative estimate of drug-likeness (QED) is 0.576. The third kappa shape index (κ3) is 3.11. The lowest BCUT2D eigenvalue weighted by molar-refractivity contribution is 0.102. The van der Waals surface area contributed by atoms with Gasteiger partial charge in [0.1, 0.15) is 5.82 Å². The van der Waals surface area contributed by atoms with Crippen LogP contribution in [0, 0.1) is 5.82 Å². The van der Waals surface area contributed by atoms with Crippen LogP contribution >= 0.6 is 22.9 Å². The van der Waals surface area contributed by atoms with Crippen LogP contribution in [0.15, 0.2) is 53.9 Å². The Kier molecular flexibility index (Phi) is 3.95. The highest BCUT2D eigenvalue weighted by Crippen LogP contribution is 2.27. The molecule has 5 nitrogen and oxygen atoms in total. The van der Waals surface area contributed by atoms with Crippen molar-refractivity contribution in [2.24, 2.45) is 0 Å². The maximum Gasteiger partial charge on any atom is 0.258 e. The van der Waals surface area contributed by atoms with Crippen molar-refractivity contribution in [2.45, 2.75) is 0 Å². The van der Waals surface area contributed by atoms with E-state index in [4.69, 9.17) is 11.6 Å². The Hall–Kier alpha value is -2.77. The van der Waals surface area contributed by atoms with E-state index in [1.807, 2.05) is 17.5 Å². The third-order valence-corrected chi connectivity index (χ3v) is 4.62. The first-order valence-electron chi connectivity index (χ1n) is 7.27. The van der Waals surface area contributed by atoms with Crippen LogP contribution in [-0.2, 0) is 0 Å². The molecule has 0 fully saturated rings. The molecule has 25 heavy (non-hydrogen) atoms. The Morgan fingerprint density at radius 2 is 1.84 bits per heavy atom. The molecule has 2 aromatic heterocycles. The van der Waals surface area contributed by atoms with Crippen molar-refractivity contribution >= 4 is 39.8 Å². The summed E-state index contributed by atoms with van der Waals surface area (Å²) >= 11 is 7.33. The summed E-state index contributed by atoms with van der Waals surface area (Å²) in [6.45, 7) is 0. The second-order valence-corrected chi connectivity index (χ2v) is 6.49. The van der Waals surface area contributed by atoms with Crippen LogP contribution in [0.2, 0.25) is 5.02 Å². The van der Waals surface area contributed by atoms with Crippen LogP contribution in [0.3, 0.4) is 0 Å². The number of carbonyl (C=O) groups is 1. The van der Waals surface area contributed by atoms with Gasteiger partial charge in [0.05, 0.1) is 5.69 Å². The van der Waals surface area contributed by atoms with Gasteiger partial charge in [-0.15, -0.1) is 16.4 Å². The molecule has 4 aromatic rings. The predicted octanol–water partition coefficient (Wildman–Crippen LogP) is 4.50. The van der Waals surface area contributed by atoms with E-state index in [1.165, 1.54) is 35.6 Å². The van der Waals surface area contributed by atoms with Gasteiger partial charge in [-0.2, -0.15) is 4.98 Å². The molecule has 1 amide bonds. The first kappa shape index (κ1) is 15.7. The second kappa shape index (κ2) is 6.27. The Morgan fingerprint density at radius 3 is 2.56 bits per heavy atom. The predicted molar refractivity (Wildman–Crippen MR) is 95.7 cm³/mol. The number of hydrogen-bond donors (Lipinski definition) is 1. The highest BCUT2D eigenvalue weighted by atomic mass is 35.5. The van der Waals surface area contributed by atoms with E-state index >= 15 is 0 Å². The zero-order chi connectivity index (χ0) is 17.4. The monoisotopic (exact) mass is 372 g/mol. The Bertz CT molecular complexity index is 1060. The van der Waals surface area contributed by atoms with Crippen molar-refractivity contribution in [3.05, 3.63) is 70.3 Å². The van der Waals surface area contributed by atoms with Gasteiger partial charge in [-0.3, -0.25) is 10.1 Å². The first-order chi connectivity index (χ1) is 12.1. The molecule has 0 saturated heterocycles. The summed E-state index contributed by atoms with van der Waals surface area (Å²) in [6.07, 6.45) is 0. The molecule has 4 rings (SSSR count). The topological polar surface area (TPSA) is 59.3 Å². The van der Waals surface area contributed by atoms with Crippen molar-refractivity contribution in [3.63, 3.8) is 0 Å². The van der Waals surface area contributed by atoms with Gasteiger partial charge in [-0.1, -0.05) is 23.7 Å². The van der Waals surface area contributed by atoms with Gasteiger partial charge in [0, 0.05) is 21.5 Å². The lowest BCUT2D eigenvalue weighted by Gasteiger charge is -2.01. The molecule has 0 aliphatic heterocycles. The van der Waals surface area contributed by atoms with Crippen LogP contribution in [0.25, 0.3) is 16.2 Å². The average molecular weight is 373 g/mol. The standard InChI is InChI=1S/C17H10ClFN4OS/c18-12-5-1-10(2-6-12)14-9-25-17-21-16(22-23(14)17)20-15(24)11-3-7-13(19)8-4-11/h1-9H,(H,20,22,24). The maximum atomic E-state index is 12.9.